The highest BCUT2D eigenvalue weighted by Crippen LogP contribution is 2.24. The number of benzene rings is 1. The molecule has 4 nitrogen and oxygen atoms in total. The summed E-state index contributed by atoms with van der Waals surface area (Å²) >= 11 is 1.66. The molecule has 5 heteroatoms. The SMILES string of the molecule is c1cc(C[C@H]2COCCN(Cc3cscn3)C2)c2ccoc2c1. The molecule has 0 amide bonds. The Morgan fingerprint density at radius 1 is 1.30 bits per heavy atom. The van der Waals surface area contributed by atoms with Gasteiger partial charge in [-0.15, -0.1) is 11.3 Å². The fourth-order valence-electron chi connectivity index (χ4n) is 3.31. The van der Waals surface area contributed by atoms with E-state index in [0.717, 1.165) is 50.5 Å². The zero-order valence-corrected chi connectivity index (χ0v) is 13.8. The Hall–Kier alpha value is -1.69. The lowest BCUT2D eigenvalue weighted by atomic mass is 9.97. The molecule has 3 heterocycles. The van der Waals surface area contributed by atoms with Crippen LogP contribution < -0.4 is 0 Å². The van der Waals surface area contributed by atoms with Crippen LogP contribution in [0.3, 0.4) is 0 Å². The number of fused-ring (bicyclic) bond motifs is 1. The van der Waals surface area contributed by atoms with Crippen molar-refractivity contribution in [2.45, 2.75) is 13.0 Å². The van der Waals surface area contributed by atoms with Crippen molar-refractivity contribution in [2.75, 3.05) is 26.3 Å². The highest BCUT2D eigenvalue weighted by Gasteiger charge is 2.20. The third kappa shape index (κ3) is 3.47. The quantitative estimate of drug-likeness (QED) is 0.734. The van der Waals surface area contributed by atoms with Crippen LogP contribution in [-0.4, -0.2) is 36.2 Å². The predicted molar refractivity (Wildman–Crippen MR) is 91.6 cm³/mol. The van der Waals surface area contributed by atoms with Crippen LogP contribution in [0, 0.1) is 5.92 Å². The molecule has 0 bridgehead atoms. The van der Waals surface area contributed by atoms with Crippen LogP contribution in [0.5, 0.6) is 0 Å². The molecule has 0 radical (unpaired) electrons. The van der Waals surface area contributed by atoms with Crippen LogP contribution in [0.1, 0.15) is 11.3 Å². The number of furan rings is 1. The molecule has 0 spiro atoms. The van der Waals surface area contributed by atoms with Crippen LogP contribution in [-0.2, 0) is 17.7 Å². The Morgan fingerprint density at radius 3 is 3.22 bits per heavy atom. The van der Waals surface area contributed by atoms with Gasteiger partial charge in [-0.2, -0.15) is 0 Å². The van der Waals surface area contributed by atoms with E-state index in [-0.39, 0.29) is 0 Å². The Labute approximate surface area is 139 Å². The van der Waals surface area contributed by atoms with E-state index in [1.165, 1.54) is 10.9 Å². The van der Waals surface area contributed by atoms with Crippen LogP contribution in [0.2, 0.25) is 0 Å². The van der Waals surface area contributed by atoms with Gasteiger partial charge in [-0.1, -0.05) is 12.1 Å². The summed E-state index contributed by atoms with van der Waals surface area (Å²) in [6, 6.07) is 8.37. The van der Waals surface area contributed by atoms with E-state index >= 15 is 0 Å². The zero-order valence-electron chi connectivity index (χ0n) is 13.0. The highest BCUT2D eigenvalue weighted by molar-refractivity contribution is 7.07. The molecule has 2 aromatic heterocycles. The number of ether oxygens (including phenoxy) is 1. The van der Waals surface area contributed by atoms with E-state index < -0.39 is 0 Å². The van der Waals surface area contributed by atoms with Crippen molar-refractivity contribution in [2.24, 2.45) is 5.92 Å². The van der Waals surface area contributed by atoms with Gasteiger partial charge in [0.1, 0.15) is 5.58 Å². The molecule has 1 aromatic carbocycles. The zero-order chi connectivity index (χ0) is 15.5. The lowest BCUT2D eigenvalue weighted by molar-refractivity contribution is 0.122. The lowest BCUT2D eigenvalue weighted by Crippen LogP contribution is -2.30. The molecular formula is C18H20N2O2S. The third-order valence-electron chi connectivity index (χ3n) is 4.39. The topological polar surface area (TPSA) is 38.5 Å². The van der Waals surface area contributed by atoms with Gasteiger partial charge in [0.05, 0.1) is 30.7 Å². The van der Waals surface area contributed by atoms with E-state index in [0.29, 0.717) is 5.92 Å². The van der Waals surface area contributed by atoms with Gasteiger partial charge >= 0.3 is 0 Å². The van der Waals surface area contributed by atoms with Gasteiger partial charge in [0.25, 0.3) is 0 Å². The first-order valence-corrected chi connectivity index (χ1v) is 8.95. The molecule has 3 aromatic rings. The van der Waals surface area contributed by atoms with Crippen LogP contribution in [0.4, 0.5) is 0 Å². The predicted octanol–water partition coefficient (Wildman–Crippen LogP) is 3.58. The Balaban J connectivity index is 1.48. The Morgan fingerprint density at radius 2 is 2.30 bits per heavy atom. The normalized spacial score (nSPS) is 19.9. The van der Waals surface area contributed by atoms with Crippen molar-refractivity contribution in [3.05, 3.63) is 52.7 Å². The second-order valence-corrected chi connectivity index (χ2v) is 6.83. The van der Waals surface area contributed by atoms with E-state index in [9.17, 15) is 0 Å². The molecule has 1 fully saturated rings. The first-order valence-electron chi connectivity index (χ1n) is 8.01. The van der Waals surface area contributed by atoms with Crippen LogP contribution in [0.15, 0.2) is 45.8 Å². The minimum atomic E-state index is 0.497. The first kappa shape index (κ1) is 14.9. The van der Waals surface area contributed by atoms with Crippen molar-refractivity contribution in [1.29, 1.82) is 0 Å². The Bertz CT molecular complexity index is 753. The van der Waals surface area contributed by atoms with Gasteiger partial charge in [-0.25, -0.2) is 4.98 Å². The second kappa shape index (κ2) is 6.83. The number of hydrogen-bond acceptors (Lipinski definition) is 5. The van der Waals surface area contributed by atoms with E-state index in [4.69, 9.17) is 9.15 Å². The van der Waals surface area contributed by atoms with E-state index in [1.807, 2.05) is 11.6 Å². The molecule has 0 N–H and O–H groups in total. The maximum atomic E-state index is 5.84. The van der Waals surface area contributed by atoms with E-state index in [1.54, 1.807) is 17.6 Å². The lowest BCUT2D eigenvalue weighted by Gasteiger charge is -2.22. The summed E-state index contributed by atoms with van der Waals surface area (Å²) in [5.74, 6) is 0.497. The van der Waals surface area contributed by atoms with Gasteiger partial charge in [0.15, 0.2) is 0 Å². The smallest absolute Gasteiger partial charge is 0.134 e. The minimum Gasteiger partial charge on any atom is -0.464 e. The average molecular weight is 328 g/mol. The molecule has 0 saturated carbocycles. The minimum absolute atomic E-state index is 0.497. The molecule has 1 atom stereocenters. The molecule has 23 heavy (non-hydrogen) atoms. The van der Waals surface area contributed by atoms with Gasteiger partial charge in [0.2, 0.25) is 0 Å². The number of rotatable bonds is 4. The molecule has 120 valence electrons. The largest absolute Gasteiger partial charge is 0.464 e. The third-order valence-corrected chi connectivity index (χ3v) is 5.02. The Kier molecular flexibility index (Phi) is 4.41. The first-order chi connectivity index (χ1) is 11.4. The number of thiazole rings is 1. The summed E-state index contributed by atoms with van der Waals surface area (Å²) in [4.78, 5) is 6.87. The number of hydrogen-bond donors (Lipinski definition) is 0. The summed E-state index contributed by atoms with van der Waals surface area (Å²) < 4.78 is 11.4. The molecule has 0 unspecified atom stereocenters. The summed E-state index contributed by atoms with van der Waals surface area (Å²) in [7, 11) is 0. The van der Waals surface area contributed by atoms with Crippen molar-refractivity contribution < 1.29 is 9.15 Å². The summed E-state index contributed by atoms with van der Waals surface area (Å²) in [5.41, 5.74) is 5.38. The molecule has 0 aliphatic carbocycles. The molecule has 4 rings (SSSR count). The standard InChI is InChI=1S/C18H20N2O2S/c1-2-15(17-4-6-22-18(17)3-1)8-14-9-20(5-7-21-11-14)10-16-12-23-13-19-16/h1-4,6,12-14H,5,7-11H2/t14-/m1/s1. The fourth-order valence-corrected chi connectivity index (χ4v) is 3.86. The van der Waals surface area contributed by atoms with Gasteiger partial charge in [-0.3, -0.25) is 4.90 Å². The maximum Gasteiger partial charge on any atom is 0.134 e. The molecular weight excluding hydrogens is 308 g/mol. The fraction of sp³-hybridized carbons (Fsp3) is 0.389. The van der Waals surface area contributed by atoms with Crippen molar-refractivity contribution in [1.82, 2.24) is 9.88 Å². The highest BCUT2D eigenvalue weighted by atomic mass is 32.1. The molecule has 1 saturated heterocycles. The average Bonchev–Trinajstić information content (AvgIpc) is 3.18. The van der Waals surface area contributed by atoms with Crippen LogP contribution in [0.25, 0.3) is 11.0 Å². The van der Waals surface area contributed by atoms with Gasteiger partial charge in [-0.05, 0) is 30.0 Å². The summed E-state index contributed by atoms with van der Waals surface area (Å²) in [5, 5.41) is 3.36. The van der Waals surface area contributed by atoms with Gasteiger partial charge in [0, 0.05) is 30.4 Å². The van der Waals surface area contributed by atoms with Crippen LogP contribution >= 0.6 is 11.3 Å². The van der Waals surface area contributed by atoms with Crippen molar-refractivity contribution in [3.8, 4) is 0 Å². The van der Waals surface area contributed by atoms with Crippen molar-refractivity contribution in [3.63, 3.8) is 0 Å². The molecule has 1 aliphatic rings. The molecule has 1 aliphatic heterocycles. The van der Waals surface area contributed by atoms with E-state index in [2.05, 4.69) is 33.5 Å². The number of nitrogens with zero attached hydrogens (tertiary/aromatic N) is 2. The summed E-state index contributed by atoms with van der Waals surface area (Å²) in [6.07, 6.45) is 2.79. The second-order valence-electron chi connectivity index (χ2n) is 6.11. The summed E-state index contributed by atoms with van der Waals surface area (Å²) in [6.45, 7) is 4.56. The maximum absolute atomic E-state index is 5.84. The van der Waals surface area contributed by atoms with Gasteiger partial charge < -0.3 is 9.15 Å². The monoisotopic (exact) mass is 328 g/mol. The number of aromatic nitrogens is 1. The van der Waals surface area contributed by atoms with Crippen molar-refractivity contribution >= 4 is 22.3 Å².